The second-order valence-electron chi connectivity index (χ2n) is 4.00. The summed E-state index contributed by atoms with van der Waals surface area (Å²) >= 11 is 0. The highest BCUT2D eigenvalue weighted by Gasteiger charge is 2.26. The Bertz CT molecular complexity index is 99.3. The van der Waals surface area contributed by atoms with E-state index in [1.165, 1.54) is 13.1 Å². The molecule has 0 N–H and O–H groups in total. The fraction of sp³-hybridized carbons (Fsp3) is 1.00. The molecule has 0 aliphatic carbocycles. The first-order valence-electron chi connectivity index (χ1n) is 4.35. The largest absolute Gasteiger partial charge is 0.300 e. The maximum absolute atomic E-state index is 2.56. The van der Waals surface area contributed by atoms with Crippen LogP contribution in [0.1, 0.15) is 27.7 Å². The molecule has 2 atom stereocenters. The second kappa shape index (κ2) is 2.91. The Balaban J connectivity index is 2.41. The highest BCUT2D eigenvalue weighted by Crippen LogP contribution is 2.23. The lowest BCUT2D eigenvalue weighted by molar-refractivity contribution is 0.264. The van der Waals surface area contributed by atoms with Gasteiger partial charge in [-0.1, -0.05) is 13.8 Å². The summed E-state index contributed by atoms with van der Waals surface area (Å²) in [6.45, 7) is 11.9. The van der Waals surface area contributed by atoms with Crippen LogP contribution in [-0.4, -0.2) is 24.0 Å². The Morgan fingerprint density at radius 3 is 1.70 bits per heavy atom. The van der Waals surface area contributed by atoms with Gasteiger partial charge >= 0.3 is 0 Å². The highest BCUT2D eigenvalue weighted by atomic mass is 15.2. The summed E-state index contributed by atoms with van der Waals surface area (Å²) in [5, 5.41) is 0. The lowest BCUT2D eigenvalue weighted by atomic mass is 10.0. The molecule has 0 aromatic heterocycles. The molecule has 0 radical (unpaired) electrons. The van der Waals surface area contributed by atoms with Gasteiger partial charge in [0.1, 0.15) is 0 Å². The van der Waals surface area contributed by atoms with Crippen LogP contribution >= 0.6 is 0 Å². The first-order chi connectivity index (χ1) is 4.61. The van der Waals surface area contributed by atoms with Gasteiger partial charge in [0.2, 0.25) is 0 Å². The molecule has 0 aromatic rings. The van der Waals surface area contributed by atoms with Crippen LogP contribution in [0.25, 0.3) is 0 Å². The maximum Gasteiger partial charge on any atom is 0.00388 e. The summed E-state index contributed by atoms with van der Waals surface area (Å²) < 4.78 is 0. The SMILES string of the molecule is CC1CN(C(C)C)CC1C. The van der Waals surface area contributed by atoms with Gasteiger partial charge < -0.3 is 4.90 Å². The van der Waals surface area contributed by atoms with E-state index in [0.29, 0.717) is 0 Å². The summed E-state index contributed by atoms with van der Waals surface area (Å²) in [6.07, 6.45) is 0. The molecule has 0 aromatic carbocycles. The van der Waals surface area contributed by atoms with Crippen LogP contribution in [0.4, 0.5) is 0 Å². The highest BCUT2D eigenvalue weighted by molar-refractivity contribution is 4.80. The summed E-state index contributed by atoms with van der Waals surface area (Å²) in [7, 11) is 0. The Kier molecular flexibility index (Phi) is 2.35. The van der Waals surface area contributed by atoms with Crippen LogP contribution in [0.15, 0.2) is 0 Å². The molecule has 60 valence electrons. The van der Waals surface area contributed by atoms with Gasteiger partial charge in [-0.25, -0.2) is 0 Å². The normalized spacial score (nSPS) is 35.7. The van der Waals surface area contributed by atoms with Gasteiger partial charge in [-0.05, 0) is 25.7 Å². The number of rotatable bonds is 1. The number of hydrogen-bond acceptors (Lipinski definition) is 1. The van der Waals surface area contributed by atoms with Crippen molar-refractivity contribution >= 4 is 0 Å². The fourth-order valence-corrected chi connectivity index (χ4v) is 1.60. The second-order valence-corrected chi connectivity index (χ2v) is 4.00. The van der Waals surface area contributed by atoms with Crippen LogP contribution in [-0.2, 0) is 0 Å². The zero-order valence-corrected chi connectivity index (χ0v) is 7.59. The zero-order valence-electron chi connectivity index (χ0n) is 7.59. The van der Waals surface area contributed by atoms with Crippen molar-refractivity contribution in [3.05, 3.63) is 0 Å². The van der Waals surface area contributed by atoms with Crippen molar-refractivity contribution in [3.63, 3.8) is 0 Å². The van der Waals surface area contributed by atoms with E-state index in [0.717, 1.165) is 17.9 Å². The van der Waals surface area contributed by atoms with Gasteiger partial charge in [-0.3, -0.25) is 0 Å². The third-order valence-corrected chi connectivity index (χ3v) is 2.75. The third kappa shape index (κ3) is 1.51. The fourth-order valence-electron chi connectivity index (χ4n) is 1.60. The molecule has 1 rings (SSSR count). The van der Waals surface area contributed by atoms with Crippen molar-refractivity contribution < 1.29 is 0 Å². The molecule has 1 heterocycles. The summed E-state index contributed by atoms with van der Waals surface area (Å²) in [5.41, 5.74) is 0. The lowest BCUT2D eigenvalue weighted by Crippen LogP contribution is -2.28. The van der Waals surface area contributed by atoms with E-state index in [-0.39, 0.29) is 0 Å². The predicted molar refractivity (Wildman–Crippen MR) is 45.0 cm³/mol. The molecular weight excluding hydrogens is 122 g/mol. The van der Waals surface area contributed by atoms with Crippen molar-refractivity contribution in [2.75, 3.05) is 13.1 Å². The van der Waals surface area contributed by atoms with Crippen molar-refractivity contribution in [1.29, 1.82) is 0 Å². The van der Waals surface area contributed by atoms with Gasteiger partial charge in [-0.15, -0.1) is 0 Å². The maximum atomic E-state index is 2.56. The Labute approximate surface area is 64.4 Å². The van der Waals surface area contributed by atoms with Gasteiger partial charge in [0, 0.05) is 19.1 Å². The minimum absolute atomic E-state index is 0.743. The molecular formula is C9H19N. The molecule has 0 bridgehead atoms. The van der Waals surface area contributed by atoms with Crippen LogP contribution < -0.4 is 0 Å². The minimum atomic E-state index is 0.743. The summed E-state index contributed by atoms with van der Waals surface area (Å²) in [4.78, 5) is 2.56. The lowest BCUT2D eigenvalue weighted by Gasteiger charge is -2.19. The smallest absolute Gasteiger partial charge is 0.00388 e. The van der Waals surface area contributed by atoms with Gasteiger partial charge in [0.25, 0.3) is 0 Å². The molecule has 1 nitrogen and oxygen atoms in total. The van der Waals surface area contributed by atoms with E-state index in [1.54, 1.807) is 0 Å². The zero-order chi connectivity index (χ0) is 7.72. The Morgan fingerprint density at radius 1 is 1.10 bits per heavy atom. The van der Waals surface area contributed by atoms with E-state index >= 15 is 0 Å². The molecule has 1 saturated heterocycles. The van der Waals surface area contributed by atoms with Crippen LogP contribution in [0.5, 0.6) is 0 Å². The molecule has 10 heavy (non-hydrogen) atoms. The van der Waals surface area contributed by atoms with E-state index in [9.17, 15) is 0 Å². The van der Waals surface area contributed by atoms with Gasteiger partial charge in [0.15, 0.2) is 0 Å². The molecule has 1 aliphatic rings. The van der Waals surface area contributed by atoms with Gasteiger partial charge in [0.05, 0.1) is 0 Å². The van der Waals surface area contributed by atoms with E-state index in [4.69, 9.17) is 0 Å². The first kappa shape index (κ1) is 8.06. The van der Waals surface area contributed by atoms with Crippen molar-refractivity contribution in [3.8, 4) is 0 Å². The number of likely N-dealkylation sites (tertiary alicyclic amines) is 1. The topological polar surface area (TPSA) is 3.24 Å². The molecule has 1 fully saturated rings. The van der Waals surface area contributed by atoms with Crippen molar-refractivity contribution in [2.24, 2.45) is 11.8 Å². The van der Waals surface area contributed by atoms with E-state index in [2.05, 4.69) is 32.6 Å². The average Bonchev–Trinajstić information content (AvgIpc) is 2.13. The molecule has 0 saturated carbocycles. The minimum Gasteiger partial charge on any atom is -0.300 e. The van der Waals surface area contributed by atoms with Crippen molar-refractivity contribution in [1.82, 2.24) is 4.90 Å². The molecule has 2 unspecified atom stereocenters. The van der Waals surface area contributed by atoms with Crippen molar-refractivity contribution in [2.45, 2.75) is 33.7 Å². The number of hydrogen-bond donors (Lipinski definition) is 0. The van der Waals surface area contributed by atoms with E-state index in [1.807, 2.05) is 0 Å². The standard InChI is InChI=1S/C9H19N/c1-7(2)10-5-8(3)9(4)6-10/h7-9H,5-6H2,1-4H3. The molecule has 0 amide bonds. The van der Waals surface area contributed by atoms with Crippen LogP contribution in [0.2, 0.25) is 0 Å². The molecule has 0 spiro atoms. The summed E-state index contributed by atoms with van der Waals surface area (Å²) in [5.74, 6) is 1.81. The predicted octanol–water partition coefficient (Wildman–Crippen LogP) is 1.98. The monoisotopic (exact) mass is 141 g/mol. The Morgan fingerprint density at radius 2 is 1.50 bits per heavy atom. The third-order valence-electron chi connectivity index (χ3n) is 2.75. The first-order valence-corrected chi connectivity index (χ1v) is 4.35. The molecule has 1 aliphatic heterocycles. The quantitative estimate of drug-likeness (QED) is 0.539. The van der Waals surface area contributed by atoms with Crippen LogP contribution in [0.3, 0.4) is 0 Å². The average molecular weight is 141 g/mol. The van der Waals surface area contributed by atoms with E-state index < -0.39 is 0 Å². The molecule has 1 heteroatoms. The van der Waals surface area contributed by atoms with Crippen LogP contribution in [0, 0.1) is 11.8 Å². The number of nitrogens with zero attached hydrogens (tertiary/aromatic N) is 1. The summed E-state index contributed by atoms with van der Waals surface area (Å²) in [6, 6.07) is 0.743. The Hall–Kier alpha value is -0.0400. The van der Waals surface area contributed by atoms with Gasteiger partial charge in [-0.2, -0.15) is 0 Å².